The molecule has 0 amide bonds. The average Bonchev–Trinajstić information content (AvgIpc) is 3.28. The van der Waals surface area contributed by atoms with Gasteiger partial charge in [-0.2, -0.15) is 5.10 Å². The third kappa shape index (κ3) is 8.36. The van der Waals surface area contributed by atoms with Crippen molar-refractivity contribution in [2.45, 2.75) is 106 Å². The maximum Gasteiger partial charge on any atom is 0.131 e. The lowest BCUT2D eigenvalue weighted by molar-refractivity contribution is 0.400. The van der Waals surface area contributed by atoms with Crippen LogP contribution in [0.25, 0.3) is 17.2 Å². The molecule has 37 heavy (non-hydrogen) atoms. The molecule has 3 aromatic heterocycles. The van der Waals surface area contributed by atoms with Crippen molar-refractivity contribution in [2.24, 2.45) is 0 Å². The topological polar surface area (TPSA) is 55.1 Å². The van der Waals surface area contributed by atoms with Gasteiger partial charge in [0, 0.05) is 41.2 Å². The molecule has 1 N–H and O–H groups in total. The lowest BCUT2D eigenvalue weighted by Gasteiger charge is -2.24. The first-order valence-electron chi connectivity index (χ1n) is 13.8. The van der Waals surface area contributed by atoms with Crippen molar-refractivity contribution in [3.63, 3.8) is 0 Å². The Morgan fingerprint density at radius 3 is 2.35 bits per heavy atom. The van der Waals surface area contributed by atoms with Gasteiger partial charge >= 0.3 is 0 Å². The Bertz CT molecular complexity index is 1100. The first-order chi connectivity index (χ1) is 17.6. The van der Waals surface area contributed by atoms with Crippen LogP contribution in [0.15, 0.2) is 43.4 Å². The van der Waals surface area contributed by atoms with Gasteiger partial charge in [-0.1, -0.05) is 73.1 Å². The molecule has 3 heterocycles. The molecule has 1 aliphatic carbocycles. The molecule has 1 aliphatic rings. The number of allylic oxidation sites excluding steroid dienone is 1. The molecule has 5 nitrogen and oxygen atoms in total. The van der Waals surface area contributed by atoms with Crippen LogP contribution in [0.4, 0.5) is 0 Å². The summed E-state index contributed by atoms with van der Waals surface area (Å²) in [5.74, 6) is 1.56. The van der Waals surface area contributed by atoms with Crippen molar-refractivity contribution < 1.29 is 0 Å². The van der Waals surface area contributed by atoms with Gasteiger partial charge in [-0.05, 0) is 69.8 Å². The Labute approximate surface area is 226 Å². The van der Waals surface area contributed by atoms with Crippen molar-refractivity contribution >= 4 is 17.2 Å². The van der Waals surface area contributed by atoms with E-state index < -0.39 is 0 Å². The van der Waals surface area contributed by atoms with E-state index in [1.165, 1.54) is 44.9 Å². The van der Waals surface area contributed by atoms with Crippen LogP contribution in [0.1, 0.15) is 121 Å². The highest BCUT2D eigenvalue weighted by Crippen LogP contribution is 2.35. The minimum absolute atomic E-state index is 0. The highest BCUT2D eigenvalue weighted by molar-refractivity contribution is 5.83. The Morgan fingerprint density at radius 1 is 1.19 bits per heavy atom. The molecular weight excluding hydrogens is 454 g/mol. The molecule has 4 rings (SSSR count). The van der Waals surface area contributed by atoms with E-state index in [4.69, 9.17) is 4.98 Å². The molecule has 0 radical (unpaired) electrons. The lowest BCUT2D eigenvalue weighted by atomic mass is 9.84. The number of nitrogens with zero attached hydrogens (tertiary/aromatic N) is 4. The summed E-state index contributed by atoms with van der Waals surface area (Å²) in [6, 6.07) is 5.00. The molecule has 0 saturated heterocycles. The number of fused-ring (bicyclic) bond motifs is 1. The molecule has 0 unspecified atom stereocenters. The van der Waals surface area contributed by atoms with Crippen LogP contribution in [0, 0.1) is 6.92 Å². The first-order valence-corrected chi connectivity index (χ1v) is 13.8. The van der Waals surface area contributed by atoms with Gasteiger partial charge in [-0.15, -0.1) is 0 Å². The highest BCUT2D eigenvalue weighted by Gasteiger charge is 2.23. The van der Waals surface area contributed by atoms with E-state index in [1.807, 2.05) is 43.0 Å². The summed E-state index contributed by atoms with van der Waals surface area (Å²) in [6.45, 7) is 16.5. The first kappa shape index (κ1) is 32.2. The molecular formula is C32H51N5. The molecule has 0 spiro atoms. The predicted octanol–water partition coefficient (Wildman–Crippen LogP) is 8.63. The summed E-state index contributed by atoms with van der Waals surface area (Å²) in [6.07, 6.45) is 18.8. The fourth-order valence-electron chi connectivity index (χ4n) is 4.54. The minimum atomic E-state index is 0. The van der Waals surface area contributed by atoms with E-state index in [-0.39, 0.29) is 7.43 Å². The van der Waals surface area contributed by atoms with Crippen LogP contribution in [0.5, 0.6) is 0 Å². The summed E-state index contributed by atoms with van der Waals surface area (Å²) >= 11 is 0. The standard InChI is InChI=1S/C21H22N4.C8H19N.C2H6.CH4/c1-4-15-12-23-25-10-9-17(11-20(15)25)18(5-2)19-13-22-21(24-14(19)3)16-7-6-8-16;1-4-6-8(9-3)7-5-2;1-2;/h4-5,9-13,16H,1,6-8H2,2-3H3;8-9H,4-7H2,1-3H3;1-2H3;1H4/b18-5-;;;. The summed E-state index contributed by atoms with van der Waals surface area (Å²) in [4.78, 5) is 9.45. The van der Waals surface area contributed by atoms with E-state index in [1.54, 1.807) is 0 Å². The Hall–Kier alpha value is -2.79. The summed E-state index contributed by atoms with van der Waals surface area (Å²) in [5.41, 5.74) is 6.51. The van der Waals surface area contributed by atoms with Gasteiger partial charge in [-0.3, -0.25) is 0 Å². The van der Waals surface area contributed by atoms with Crippen LogP contribution in [-0.4, -0.2) is 32.7 Å². The maximum absolute atomic E-state index is 4.79. The Kier molecular flexibility index (Phi) is 14.7. The van der Waals surface area contributed by atoms with Crippen molar-refractivity contribution in [1.29, 1.82) is 0 Å². The van der Waals surface area contributed by atoms with Gasteiger partial charge in [0.15, 0.2) is 0 Å². The van der Waals surface area contributed by atoms with Crippen molar-refractivity contribution in [2.75, 3.05) is 7.05 Å². The Balaban J connectivity index is 0.000000490. The van der Waals surface area contributed by atoms with E-state index >= 15 is 0 Å². The van der Waals surface area contributed by atoms with E-state index in [0.29, 0.717) is 5.92 Å². The van der Waals surface area contributed by atoms with Crippen LogP contribution in [0.2, 0.25) is 0 Å². The van der Waals surface area contributed by atoms with Crippen molar-refractivity contribution in [3.8, 4) is 0 Å². The number of rotatable bonds is 9. The van der Waals surface area contributed by atoms with E-state index in [2.05, 4.69) is 74.9 Å². The van der Waals surface area contributed by atoms with Gasteiger partial charge < -0.3 is 5.32 Å². The second-order valence-corrected chi connectivity index (χ2v) is 9.17. The molecule has 0 bridgehead atoms. The summed E-state index contributed by atoms with van der Waals surface area (Å²) < 4.78 is 1.87. The second-order valence-electron chi connectivity index (χ2n) is 9.17. The van der Waals surface area contributed by atoms with Gasteiger partial charge in [0.05, 0.1) is 11.7 Å². The average molecular weight is 506 g/mol. The molecule has 5 heteroatoms. The molecule has 3 aromatic rings. The van der Waals surface area contributed by atoms with Crippen LogP contribution < -0.4 is 5.32 Å². The monoisotopic (exact) mass is 505 g/mol. The zero-order chi connectivity index (χ0) is 26.5. The number of hydrogen-bond donors (Lipinski definition) is 1. The second kappa shape index (κ2) is 16.9. The summed E-state index contributed by atoms with van der Waals surface area (Å²) in [5, 5.41) is 7.66. The smallest absolute Gasteiger partial charge is 0.131 e. The number of pyridine rings is 1. The minimum Gasteiger partial charge on any atom is -0.317 e. The number of nitrogens with one attached hydrogen (secondary N) is 1. The van der Waals surface area contributed by atoms with E-state index in [9.17, 15) is 0 Å². The molecule has 0 aliphatic heterocycles. The lowest BCUT2D eigenvalue weighted by Crippen LogP contribution is -2.24. The number of hydrogen-bond acceptors (Lipinski definition) is 4. The third-order valence-electron chi connectivity index (χ3n) is 6.81. The number of aromatic nitrogens is 4. The van der Waals surface area contributed by atoms with Crippen LogP contribution >= 0.6 is 0 Å². The highest BCUT2D eigenvalue weighted by atomic mass is 15.2. The summed E-state index contributed by atoms with van der Waals surface area (Å²) in [7, 11) is 2.05. The van der Waals surface area contributed by atoms with Gasteiger partial charge in [0.1, 0.15) is 5.82 Å². The van der Waals surface area contributed by atoms with Gasteiger partial charge in [0.25, 0.3) is 0 Å². The van der Waals surface area contributed by atoms with Crippen molar-refractivity contribution in [1.82, 2.24) is 24.9 Å². The number of aryl methyl sites for hydroxylation is 1. The SMILES string of the molecule is C.C=Cc1cnn2ccc(/C(=C/C)c3cnc(C4CCC4)nc3C)cc12.CC.CCCC(CCC)NC. The molecule has 1 saturated carbocycles. The quantitative estimate of drug-likeness (QED) is 0.316. The normalized spacial score (nSPS) is 13.1. The zero-order valence-corrected chi connectivity index (χ0v) is 23.6. The fraction of sp³-hybridized carbons (Fsp3) is 0.531. The zero-order valence-electron chi connectivity index (χ0n) is 23.6. The molecule has 1 fully saturated rings. The van der Waals surface area contributed by atoms with E-state index in [0.717, 1.165) is 45.3 Å². The van der Waals surface area contributed by atoms with Crippen LogP contribution in [-0.2, 0) is 0 Å². The predicted molar refractivity (Wildman–Crippen MR) is 162 cm³/mol. The maximum atomic E-state index is 4.79. The molecule has 0 atom stereocenters. The van der Waals surface area contributed by atoms with Gasteiger partial charge in [-0.25, -0.2) is 14.5 Å². The third-order valence-corrected chi connectivity index (χ3v) is 6.81. The largest absolute Gasteiger partial charge is 0.317 e. The fourth-order valence-corrected chi connectivity index (χ4v) is 4.54. The Morgan fingerprint density at radius 2 is 1.86 bits per heavy atom. The van der Waals surface area contributed by atoms with Crippen molar-refractivity contribution in [3.05, 3.63) is 71.6 Å². The van der Waals surface area contributed by atoms with Gasteiger partial charge in [0.2, 0.25) is 0 Å². The van der Waals surface area contributed by atoms with Crippen LogP contribution in [0.3, 0.4) is 0 Å². The molecule has 0 aromatic carbocycles. The molecule has 204 valence electrons.